The summed E-state index contributed by atoms with van der Waals surface area (Å²) in [4.78, 5) is 38.9. The number of carboxylic acid groups (broad SMARTS) is 1. The zero-order valence-corrected chi connectivity index (χ0v) is 24.3. The summed E-state index contributed by atoms with van der Waals surface area (Å²) in [5.41, 5.74) is 2.40. The van der Waals surface area contributed by atoms with E-state index in [1.165, 1.54) is 16.7 Å². The molecule has 0 radical (unpaired) electrons. The minimum Gasteiger partial charge on any atom is -0.480 e. The second-order valence-corrected chi connectivity index (χ2v) is 11.9. The van der Waals surface area contributed by atoms with Gasteiger partial charge in [-0.1, -0.05) is 84.0 Å². The zero-order valence-electron chi connectivity index (χ0n) is 22.6. The lowest BCUT2D eigenvalue weighted by molar-refractivity contribution is -0.145. The van der Waals surface area contributed by atoms with Crippen molar-refractivity contribution in [3.05, 3.63) is 108 Å². The van der Waals surface area contributed by atoms with Crippen LogP contribution in [0.1, 0.15) is 40.2 Å². The fourth-order valence-corrected chi connectivity index (χ4v) is 7.03. The highest BCUT2D eigenvalue weighted by atomic mass is 32.2. The second-order valence-electron chi connectivity index (χ2n) is 9.77. The minimum absolute atomic E-state index is 0.211. The Bertz CT molecular complexity index is 1330. The molecule has 9 nitrogen and oxygen atoms in total. The molecule has 2 amide bonds. The van der Waals surface area contributed by atoms with Crippen LogP contribution in [0.4, 0.5) is 0 Å². The molecular formula is C30H33N3O6PS+. The van der Waals surface area contributed by atoms with E-state index in [1.54, 1.807) is 31.2 Å². The predicted molar refractivity (Wildman–Crippen MR) is 159 cm³/mol. The summed E-state index contributed by atoms with van der Waals surface area (Å²) in [6, 6.07) is 26.7. The van der Waals surface area contributed by atoms with Gasteiger partial charge in [-0.2, -0.15) is 0 Å². The Balaban J connectivity index is 1.37. The number of nitrogens with one attached hydrogen (secondary N) is 2. The Hall–Kier alpha value is -3.56. The molecular weight excluding hydrogens is 561 g/mol. The highest BCUT2D eigenvalue weighted by Crippen LogP contribution is 2.38. The van der Waals surface area contributed by atoms with Crippen LogP contribution in [0.25, 0.3) is 0 Å². The molecule has 5 unspecified atom stereocenters. The maximum absolute atomic E-state index is 13.3. The van der Waals surface area contributed by atoms with Gasteiger partial charge in [-0.15, -0.1) is 16.3 Å². The summed E-state index contributed by atoms with van der Waals surface area (Å²) in [6.45, 7) is 1.29. The van der Waals surface area contributed by atoms with Crippen LogP contribution in [0.15, 0.2) is 91.0 Å². The second kappa shape index (κ2) is 14.9. The van der Waals surface area contributed by atoms with E-state index in [0.717, 1.165) is 11.1 Å². The fraction of sp³-hybridized carbons (Fsp3) is 0.300. The summed E-state index contributed by atoms with van der Waals surface area (Å²) in [7, 11) is -2.45. The average molecular weight is 595 g/mol. The van der Waals surface area contributed by atoms with E-state index in [1.807, 2.05) is 66.7 Å². The monoisotopic (exact) mass is 594 g/mol. The number of rotatable bonds is 13. The van der Waals surface area contributed by atoms with Crippen LogP contribution < -0.4 is 10.4 Å². The molecule has 1 heterocycles. The molecule has 5 atom stereocenters. The number of carbonyl (C=O) groups excluding carboxylic acids is 2. The average Bonchev–Trinajstić information content (AvgIpc) is 2.96. The van der Waals surface area contributed by atoms with Crippen LogP contribution in [-0.2, 0) is 25.1 Å². The molecule has 41 heavy (non-hydrogen) atoms. The number of aliphatic carboxylic acids is 1. The van der Waals surface area contributed by atoms with Gasteiger partial charge in [0.25, 0.3) is 5.91 Å². The van der Waals surface area contributed by atoms with Crippen molar-refractivity contribution in [1.29, 1.82) is 0 Å². The van der Waals surface area contributed by atoms with Crippen LogP contribution >= 0.6 is 19.9 Å². The van der Waals surface area contributed by atoms with E-state index < -0.39 is 44.1 Å². The van der Waals surface area contributed by atoms with Crippen molar-refractivity contribution in [1.82, 2.24) is 15.3 Å². The first kappa shape index (κ1) is 30.4. The molecule has 1 fully saturated rings. The van der Waals surface area contributed by atoms with Crippen LogP contribution in [0.2, 0.25) is 0 Å². The van der Waals surface area contributed by atoms with Crippen molar-refractivity contribution >= 4 is 37.7 Å². The lowest BCUT2D eigenvalue weighted by Crippen LogP contribution is -2.52. The molecule has 0 spiro atoms. The highest BCUT2D eigenvalue weighted by Gasteiger charge is 2.42. The van der Waals surface area contributed by atoms with Gasteiger partial charge in [0, 0.05) is 17.4 Å². The fourth-order valence-electron chi connectivity index (χ4n) is 4.67. The Kier molecular flexibility index (Phi) is 11.0. The van der Waals surface area contributed by atoms with Crippen molar-refractivity contribution < 1.29 is 28.6 Å². The smallest absolute Gasteiger partial charge is 0.480 e. The van der Waals surface area contributed by atoms with Gasteiger partial charge in [-0.05, 0) is 47.6 Å². The Morgan fingerprint density at radius 2 is 1.63 bits per heavy atom. The van der Waals surface area contributed by atoms with Crippen molar-refractivity contribution in [3.63, 3.8) is 0 Å². The summed E-state index contributed by atoms with van der Waals surface area (Å²) >= 11 is 1.40. The van der Waals surface area contributed by atoms with Crippen LogP contribution in [0, 0.1) is 0 Å². The topological polar surface area (TPSA) is 125 Å². The van der Waals surface area contributed by atoms with Gasteiger partial charge in [0.1, 0.15) is 24.1 Å². The number of carbonyl (C=O) groups is 3. The lowest BCUT2D eigenvalue weighted by atomic mass is 10.0. The predicted octanol–water partition coefficient (Wildman–Crippen LogP) is 4.80. The molecule has 3 aromatic rings. The summed E-state index contributed by atoms with van der Waals surface area (Å²) in [6.07, 6.45) is 0.416. The summed E-state index contributed by atoms with van der Waals surface area (Å²) in [5, 5.41) is 14.8. The van der Waals surface area contributed by atoms with Gasteiger partial charge in [-0.3, -0.25) is 14.4 Å². The molecule has 0 aliphatic carbocycles. The van der Waals surface area contributed by atoms with Crippen molar-refractivity contribution in [2.45, 2.75) is 43.3 Å². The van der Waals surface area contributed by atoms with E-state index in [2.05, 4.69) is 10.4 Å². The normalized spacial score (nSPS) is 18.8. The molecule has 1 saturated heterocycles. The highest BCUT2D eigenvalue weighted by molar-refractivity contribution is 7.99. The summed E-state index contributed by atoms with van der Waals surface area (Å²) in [5.74, 6) is -1.48. The van der Waals surface area contributed by atoms with E-state index >= 15 is 0 Å². The number of carboxylic acids is 1. The molecule has 1 aliphatic heterocycles. The van der Waals surface area contributed by atoms with Crippen molar-refractivity contribution in [2.24, 2.45) is 0 Å². The first-order chi connectivity index (χ1) is 19.8. The molecule has 0 saturated carbocycles. The summed E-state index contributed by atoms with van der Waals surface area (Å²) < 4.78 is 18.7. The van der Waals surface area contributed by atoms with E-state index in [4.69, 9.17) is 4.52 Å². The zero-order chi connectivity index (χ0) is 29.2. The quantitative estimate of drug-likeness (QED) is 0.241. The SMILES string of the molecule is CC(CC(Cc1ccccc1)NC(=O)c1ccccc1)O[P+](=O)NC1CSC(c2ccccc2)N(CC(=O)O)C1=O. The van der Waals surface area contributed by atoms with Crippen molar-refractivity contribution in [2.75, 3.05) is 12.3 Å². The molecule has 3 N–H and O–H groups in total. The number of nitrogens with zero attached hydrogens (tertiary/aromatic N) is 1. The third-order valence-electron chi connectivity index (χ3n) is 6.52. The van der Waals surface area contributed by atoms with Crippen LogP contribution in [-0.4, -0.2) is 58.3 Å². The van der Waals surface area contributed by atoms with E-state index in [0.29, 0.717) is 24.2 Å². The van der Waals surface area contributed by atoms with Gasteiger partial charge >= 0.3 is 14.1 Å². The Morgan fingerprint density at radius 3 is 2.27 bits per heavy atom. The number of amides is 2. The van der Waals surface area contributed by atoms with E-state index in [-0.39, 0.29) is 11.9 Å². The first-order valence-corrected chi connectivity index (χ1v) is 15.5. The first-order valence-electron chi connectivity index (χ1n) is 13.3. The number of hydrogen-bond acceptors (Lipinski definition) is 6. The van der Waals surface area contributed by atoms with E-state index in [9.17, 15) is 24.1 Å². The van der Waals surface area contributed by atoms with Crippen LogP contribution in [0.3, 0.4) is 0 Å². The Labute approximate surface area is 244 Å². The van der Waals surface area contributed by atoms with Gasteiger partial charge in [0.2, 0.25) is 5.91 Å². The van der Waals surface area contributed by atoms with Crippen molar-refractivity contribution in [3.8, 4) is 0 Å². The third-order valence-corrected chi connectivity index (χ3v) is 8.97. The van der Waals surface area contributed by atoms with Gasteiger partial charge < -0.3 is 15.3 Å². The Morgan fingerprint density at radius 1 is 1.02 bits per heavy atom. The largest absolute Gasteiger partial charge is 0.614 e. The molecule has 0 aromatic heterocycles. The maximum Gasteiger partial charge on any atom is 0.614 e. The molecule has 11 heteroatoms. The number of hydrogen-bond donors (Lipinski definition) is 3. The number of thioether (sulfide) groups is 1. The van der Waals surface area contributed by atoms with Gasteiger partial charge in [0.05, 0.1) is 0 Å². The van der Waals surface area contributed by atoms with Gasteiger partial charge in [0.15, 0.2) is 0 Å². The standard InChI is InChI=1S/C30H32N3O6PS/c1-21(17-25(18-22-11-5-2-6-12-22)31-28(36)23-13-7-3-8-14-23)39-40(38)32-26-20-41-30(24-15-9-4-10-16-24)33(29(26)37)19-27(34)35/h2-16,21,25-26,30H,17-20H2,1H3,(H2-,31,32,34,35,36,38)/p+1. The maximum atomic E-state index is 13.3. The van der Waals surface area contributed by atoms with Gasteiger partial charge in [-0.25, -0.2) is 0 Å². The van der Waals surface area contributed by atoms with Crippen LogP contribution in [0.5, 0.6) is 0 Å². The molecule has 3 aromatic carbocycles. The number of benzene rings is 3. The molecule has 4 rings (SSSR count). The molecule has 1 aliphatic rings. The third kappa shape index (κ3) is 8.96. The molecule has 214 valence electrons. The minimum atomic E-state index is -2.45. The lowest BCUT2D eigenvalue weighted by Gasteiger charge is -2.36. The molecule has 0 bridgehead atoms.